The van der Waals surface area contributed by atoms with Crippen molar-refractivity contribution in [2.75, 3.05) is 0 Å². The Labute approximate surface area is 177 Å². The first kappa shape index (κ1) is 21.4. The lowest BCUT2D eigenvalue weighted by Gasteiger charge is -2.20. The van der Waals surface area contributed by atoms with Crippen molar-refractivity contribution in [3.05, 3.63) is 87.5 Å². The monoisotopic (exact) mass is 389 g/mol. The third-order valence-corrected chi connectivity index (χ3v) is 6.31. The van der Waals surface area contributed by atoms with E-state index in [1.54, 1.807) is 0 Å². The maximum absolute atomic E-state index is 2.41. The van der Waals surface area contributed by atoms with Gasteiger partial charge in [0.15, 0.2) is 0 Å². The molecule has 0 saturated carbocycles. The molecule has 1 aromatic heterocycles. The Balaban J connectivity index is 2.03. The number of hydrogen-bond donors (Lipinski definition) is 0. The van der Waals surface area contributed by atoms with Gasteiger partial charge in [0, 0.05) is 11.1 Å². The fraction of sp³-hybridized carbons (Fsp3) is 0.444. The summed E-state index contributed by atoms with van der Waals surface area (Å²) in [6.45, 7) is 18.0. The summed E-state index contributed by atoms with van der Waals surface area (Å²) in [5.41, 5.74) is 11.2. The summed E-state index contributed by atoms with van der Waals surface area (Å²) < 4.78 is 4.82. The Morgan fingerprint density at radius 3 is 1.66 bits per heavy atom. The average molecular weight is 390 g/mol. The zero-order chi connectivity index (χ0) is 21.3. The number of imidazole rings is 1. The van der Waals surface area contributed by atoms with Gasteiger partial charge in [-0.15, -0.1) is 0 Å². The maximum Gasteiger partial charge on any atom is 0.244 e. The molecular formula is C27H37N2+. The van der Waals surface area contributed by atoms with Crippen LogP contribution in [-0.2, 0) is 0 Å². The molecule has 0 unspecified atom stereocenters. The van der Waals surface area contributed by atoms with Gasteiger partial charge in [0.25, 0.3) is 0 Å². The second-order valence-electron chi connectivity index (χ2n) is 8.78. The van der Waals surface area contributed by atoms with Gasteiger partial charge in [-0.3, -0.25) is 0 Å². The van der Waals surface area contributed by atoms with E-state index in [1.165, 1.54) is 44.5 Å². The quantitative estimate of drug-likeness (QED) is 0.419. The van der Waals surface area contributed by atoms with E-state index < -0.39 is 0 Å². The van der Waals surface area contributed by atoms with Crippen LogP contribution in [-0.4, -0.2) is 4.57 Å². The summed E-state index contributed by atoms with van der Waals surface area (Å²) in [4.78, 5) is 0. The van der Waals surface area contributed by atoms with Crippen molar-refractivity contribution < 1.29 is 4.57 Å². The predicted octanol–water partition coefficient (Wildman–Crippen LogP) is 6.62. The van der Waals surface area contributed by atoms with E-state index in [0.717, 1.165) is 12.8 Å². The summed E-state index contributed by atoms with van der Waals surface area (Å²) >= 11 is 0. The molecule has 29 heavy (non-hydrogen) atoms. The van der Waals surface area contributed by atoms with Crippen LogP contribution in [0.2, 0.25) is 0 Å². The second-order valence-corrected chi connectivity index (χ2v) is 8.78. The summed E-state index contributed by atoms with van der Waals surface area (Å²) in [5, 5.41) is 0. The third-order valence-electron chi connectivity index (χ3n) is 6.31. The van der Waals surface area contributed by atoms with Crippen molar-refractivity contribution >= 4 is 0 Å². The molecule has 0 radical (unpaired) electrons. The highest BCUT2D eigenvalue weighted by Crippen LogP contribution is 2.30. The molecule has 1 heterocycles. The highest BCUT2D eigenvalue weighted by molar-refractivity contribution is 5.40. The van der Waals surface area contributed by atoms with E-state index in [9.17, 15) is 0 Å². The summed E-state index contributed by atoms with van der Waals surface area (Å²) in [5.74, 6) is 0. The van der Waals surface area contributed by atoms with Crippen LogP contribution in [0, 0.1) is 41.5 Å². The van der Waals surface area contributed by atoms with Crippen LogP contribution in [0.5, 0.6) is 0 Å². The first-order valence-corrected chi connectivity index (χ1v) is 11.0. The Hall–Kier alpha value is -2.35. The molecule has 0 bridgehead atoms. The predicted molar refractivity (Wildman–Crippen MR) is 123 cm³/mol. The summed E-state index contributed by atoms with van der Waals surface area (Å²) in [6.07, 6.45) is 9.00. The van der Waals surface area contributed by atoms with Gasteiger partial charge in [0.2, 0.25) is 6.33 Å². The van der Waals surface area contributed by atoms with Crippen LogP contribution < -0.4 is 4.57 Å². The van der Waals surface area contributed by atoms with Crippen LogP contribution in [0.1, 0.15) is 83.3 Å². The molecule has 3 aromatic rings. The largest absolute Gasteiger partial charge is 0.244 e. The molecule has 0 N–H and O–H groups in total. The van der Waals surface area contributed by atoms with Gasteiger partial charge in [0.1, 0.15) is 24.5 Å². The van der Waals surface area contributed by atoms with Crippen molar-refractivity contribution in [2.45, 2.75) is 80.3 Å². The molecule has 2 heteroatoms. The first-order chi connectivity index (χ1) is 13.8. The topological polar surface area (TPSA) is 8.81 Å². The third kappa shape index (κ3) is 4.17. The first-order valence-electron chi connectivity index (χ1n) is 11.0. The number of rotatable bonds is 6. The molecule has 2 nitrogen and oxygen atoms in total. The van der Waals surface area contributed by atoms with Crippen molar-refractivity contribution in [2.24, 2.45) is 0 Å². The van der Waals surface area contributed by atoms with Crippen LogP contribution >= 0.6 is 0 Å². The van der Waals surface area contributed by atoms with Gasteiger partial charge in [-0.25, -0.2) is 9.13 Å². The van der Waals surface area contributed by atoms with Crippen molar-refractivity contribution in [1.29, 1.82) is 0 Å². The number of hydrogen-bond acceptors (Lipinski definition) is 0. The Bertz CT molecular complexity index is 883. The van der Waals surface area contributed by atoms with E-state index in [-0.39, 0.29) is 0 Å². The van der Waals surface area contributed by atoms with Crippen LogP contribution in [0.3, 0.4) is 0 Å². The number of benzene rings is 2. The normalized spacial score (nSPS) is 13.5. The lowest BCUT2D eigenvalue weighted by Crippen LogP contribution is -2.39. The van der Waals surface area contributed by atoms with E-state index in [4.69, 9.17) is 0 Å². The standard InChI is InChI=1S/C27H37N2/c1-9-24(26-20(5)13-18(3)14-21(26)6)28-11-12-29(17-28)25(10-2)27-22(7)15-19(4)16-23(27)8/h11-17,24-25H,9-10H2,1-8H3/q+1/t24-,25-/m0/s1. The zero-order valence-electron chi connectivity index (χ0n) is 19.5. The van der Waals surface area contributed by atoms with Gasteiger partial charge in [-0.05, 0) is 76.6 Å². The molecule has 0 spiro atoms. The molecule has 0 aliphatic carbocycles. The zero-order valence-corrected chi connectivity index (χ0v) is 19.5. The number of aryl methyl sites for hydroxylation is 6. The maximum atomic E-state index is 2.41. The fourth-order valence-corrected chi connectivity index (χ4v) is 5.32. The lowest BCUT2D eigenvalue weighted by molar-refractivity contribution is -0.713. The molecule has 0 amide bonds. The Morgan fingerprint density at radius 1 is 0.724 bits per heavy atom. The van der Waals surface area contributed by atoms with E-state index in [1.807, 2.05) is 0 Å². The summed E-state index contributed by atoms with van der Waals surface area (Å²) in [7, 11) is 0. The van der Waals surface area contributed by atoms with Crippen LogP contribution in [0.25, 0.3) is 0 Å². The Morgan fingerprint density at radius 2 is 1.21 bits per heavy atom. The van der Waals surface area contributed by atoms with Gasteiger partial charge < -0.3 is 0 Å². The van der Waals surface area contributed by atoms with Gasteiger partial charge in [-0.1, -0.05) is 49.2 Å². The van der Waals surface area contributed by atoms with Gasteiger partial charge >= 0.3 is 0 Å². The van der Waals surface area contributed by atoms with Crippen LogP contribution in [0.4, 0.5) is 0 Å². The Kier molecular flexibility index (Phi) is 6.31. The second kappa shape index (κ2) is 8.57. The molecule has 0 aliphatic heterocycles. The summed E-state index contributed by atoms with van der Waals surface area (Å²) in [6, 6.07) is 10.0. The molecule has 154 valence electrons. The molecule has 2 aromatic carbocycles. The number of aromatic nitrogens is 2. The van der Waals surface area contributed by atoms with Crippen LogP contribution in [0.15, 0.2) is 43.0 Å². The highest BCUT2D eigenvalue weighted by Gasteiger charge is 2.25. The molecule has 3 rings (SSSR count). The van der Waals surface area contributed by atoms with Crippen molar-refractivity contribution in [1.82, 2.24) is 4.57 Å². The van der Waals surface area contributed by atoms with Crippen molar-refractivity contribution in [3.8, 4) is 0 Å². The van der Waals surface area contributed by atoms with Gasteiger partial charge in [0.05, 0.1) is 0 Å². The fourth-order valence-electron chi connectivity index (χ4n) is 5.32. The van der Waals surface area contributed by atoms with Gasteiger partial charge in [-0.2, -0.15) is 0 Å². The minimum Gasteiger partial charge on any atom is -0.230 e. The van der Waals surface area contributed by atoms with E-state index >= 15 is 0 Å². The number of nitrogens with zero attached hydrogens (tertiary/aromatic N) is 2. The average Bonchev–Trinajstić information content (AvgIpc) is 3.10. The minimum atomic E-state index is 0.370. The van der Waals surface area contributed by atoms with E-state index in [0.29, 0.717) is 12.1 Å². The van der Waals surface area contributed by atoms with E-state index in [2.05, 4.69) is 108 Å². The van der Waals surface area contributed by atoms with Crippen molar-refractivity contribution in [3.63, 3.8) is 0 Å². The molecule has 0 fully saturated rings. The molecule has 2 atom stereocenters. The molecule has 0 saturated heterocycles. The molecule has 0 aliphatic rings. The highest BCUT2D eigenvalue weighted by atomic mass is 15.1. The smallest absolute Gasteiger partial charge is 0.230 e. The molecular weight excluding hydrogens is 352 g/mol. The lowest BCUT2D eigenvalue weighted by atomic mass is 9.92. The minimum absolute atomic E-state index is 0.370. The SMILES string of the molecule is CC[C@@H](c1c(C)cc(C)cc1C)n1cc[n+]([C@@H](CC)c2c(C)cc(C)cc2C)c1.